The van der Waals surface area contributed by atoms with E-state index in [0.717, 1.165) is 31.4 Å². The van der Waals surface area contributed by atoms with Crippen molar-refractivity contribution in [3.05, 3.63) is 29.3 Å². The molecule has 0 radical (unpaired) electrons. The molecule has 1 saturated carbocycles. The first-order chi connectivity index (χ1) is 9.29. The highest BCUT2D eigenvalue weighted by Gasteiger charge is 2.34. The van der Waals surface area contributed by atoms with E-state index < -0.39 is 17.6 Å². The molecule has 2 rings (SSSR count). The summed E-state index contributed by atoms with van der Waals surface area (Å²) in [6, 6.07) is 3.21. The number of rotatable bonds is 3. The number of benzene rings is 1. The summed E-state index contributed by atoms with van der Waals surface area (Å²) < 4.78 is 38.2. The van der Waals surface area contributed by atoms with Crippen molar-refractivity contribution in [1.82, 2.24) is 5.32 Å². The number of anilines is 1. The number of carbonyl (C=O) groups is 1. The number of carbonyl (C=O) groups excluding carboxylic acids is 1. The van der Waals surface area contributed by atoms with Crippen molar-refractivity contribution >= 4 is 11.6 Å². The zero-order chi connectivity index (χ0) is 14.9. The first kappa shape index (κ1) is 14.7. The van der Waals surface area contributed by atoms with Crippen molar-refractivity contribution < 1.29 is 18.0 Å². The molecule has 1 aliphatic rings. The summed E-state index contributed by atoms with van der Waals surface area (Å²) in [5, 5.41) is 2.75. The maximum absolute atomic E-state index is 12.7. The summed E-state index contributed by atoms with van der Waals surface area (Å²) in [6.45, 7) is 1.88. The third-order valence-corrected chi connectivity index (χ3v) is 3.84. The standard InChI is InChI=1S/C14H17F3N2O/c1-8(9-3-2-4-9)19-13(20)10-5-6-12(18)11(7-10)14(15,16)17/h5-9H,2-4,18H2,1H3,(H,19,20). The van der Waals surface area contributed by atoms with Gasteiger partial charge in [-0.05, 0) is 43.9 Å². The van der Waals surface area contributed by atoms with Crippen LogP contribution < -0.4 is 11.1 Å². The molecule has 1 fully saturated rings. The van der Waals surface area contributed by atoms with Gasteiger partial charge in [0.15, 0.2) is 0 Å². The lowest BCUT2D eigenvalue weighted by Crippen LogP contribution is -2.40. The Kier molecular flexibility index (Phi) is 3.92. The number of nitrogens with two attached hydrogens (primary N) is 1. The summed E-state index contributed by atoms with van der Waals surface area (Å²) in [7, 11) is 0. The normalized spacial score (nSPS) is 17.4. The average Bonchev–Trinajstić information content (AvgIpc) is 2.25. The van der Waals surface area contributed by atoms with Crippen LogP contribution in [0.15, 0.2) is 18.2 Å². The van der Waals surface area contributed by atoms with Gasteiger partial charge in [0, 0.05) is 17.3 Å². The van der Waals surface area contributed by atoms with Gasteiger partial charge in [0.1, 0.15) is 0 Å². The van der Waals surface area contributed by atoms with Crippen LogP contribution in [0.3, 0.4) is 0 Å². The molecular weight excluding hydrogens is 269 g/mol. The molecule has 3 N–H and O–H groups in total. The minimum Gasteiger partial charge on any atom is -0.398 e. The highest BCUT2D eigenvalue weighted by atomic mass is 19.4. The van der Waals surface area contributed by atoms with Crippen LogP contribution in [-0.2, 0) is 6.18 Å². The van der Waals surface area contributed by atoms with Gasteiger partial charge in [-0.25, -0.2) is 0 Å². The van der Waals surface area contributed by atoms with Gasteiger partial charge in [-0.15, -0.1) is 0 Å². The topological polar surface area (TPSA) is 55.1 Å². The number of nitrogens with one attached hydrogen (secondary N) is 1. The third-order valence-electron chi connectivity index (χ3n) is 3.84. The Bertz CT molecular complexity index is 510. The van der Waals surface area contributed by atoms with E-state index in [1.807, 2.05) is 6.92 Å². The molecule has 0 saturated heterocycles. The minimum absolute atomic E-state index is 0.0160. The zero-order valence-electron chi connectivity index (χ0n) is 11.1. The van der Waals surface area contributed by atoms with Crippen LogP contribution in [0.1, 0.15) is 42.1 Å². The lowest BCUT2D eigenvalue weighted by atomic mass is 9.80. The molecule has 0 heterocycles. The van der Waals surface area contributed by atoms with Gasteiger partial charge in [-0.3, -0.25) is 4.79 Å². The van der Waals surface area contributed by atoms with Crippen LogP contribution in [-0.4, -0.2) is 11.9 Å². The Morgan fingerprint density at radius 3 is 2.55 bits per heavy atom. The molecule has 1 atom stereocenters. The van der Waals surface area contributed by atoms with E-state index in [9.17, 15) is 18.0 Å². The van der Waals surface area contributed by atoms with Gasteiger partial charge in [0.2, 0.25) is 0 Å². The molecule has 110 valence electrons. The summed E-state index contributed by atoms with van der Waals surface area (Å²) in [5.74, 6) is -0.0651. The number of nitrogen functional groups attached to an aromatic ring is 1. The quantitative estimate of drug-likeness (QED) is 0.838. The summed E-state index contributed by atoms with van der Waals surface area (Å²) in [4.78, 5) is 12.0. The Balaban J connectivity index is 2.13. The van der Waals surface area contributed by atoms with Gasteiger partial charge in [0.05, 0.1) is 5.56 Å². The first-order valence-corrected chi connectivity index (χ1v) is 6.56. The minimum atomic E-state index is -4.56. The molecule has 3 nitrogen and oxygen atoms in total. The van der Waals surface area contributed by atoms with Crippen LogP contribution in [0.4, 0.5) is 18.9 Å². The van der Waals surface area contributed by atoms with E-state index in [0.29, 0.717) is 5.92 Å². The summed E-state index contributed by atoms with van der Waals surface area (Å²) >= 11 is 0. The second-order valence-electron chi connectivity index (χ2n) is 5.25. The molecule has 6 heteroatoms. The van der Waals surface area contributed by atoms with Crippen LogP contribution in [0.5, 0.6) is 0 Å². The fourth-order valence-corrected chi connectivity index (χ4v) is 2.29. The smallest absolute Gasteiger partial charge is 0.398 e. The van der Waals surface area contributed by atoms with Gasteiger partial charge < -0.3 is 11.1 Å². The molecule has 1 amide bonds. The molecule has 0 aliphatic heterocycles. The number of hydrogen-bond acceptors (Lipinski definition) is 2. The molecule has 1 aromatic carbocycles. The lowest BCUT2D eigenvalue weighted by molar-refractivity contribution is -0.136. The van der Waals surface area contributed by atoms with Crippen molar-refractivity contribution in [3.63, 3.8) is 0 Å². The Morgan fingerprint density at radius 2 is 2.05 bits per heavy atom. The summed E-state index contributed by atoms with van der Waals surface area (Å²) in [6.07, 6.45) is -1.31. The zero-order valence-corrected chi connectivity index (χ0v) is 11.1. The van der Waals surface area contributed by atoms with Crippen molar-refractivity contribution in [1.29, 1.82) is 0 Å². The van der Waals surface area contributed by atoms with E-state index in [4.69, 9.17) is 5.73 Å². The van der Waals surface area contributed by atoms with E-state index in [1.54, 1.807) is 0 Å². The van der Waals surface area contributed by atoms with Gasteiger partial charge in [0.25, 0.3) is 5.91 Å². The number of amides is 1. The predicted molar refractivity (Wildman–Crippen MR) is 70.1 cm³/mol. The van der Waals surface area contributed by atoms with Gasteiger partial charge in [-0.1, -0.05) is 6.42 Å². The molecule has 0 bridgehead atoms. The Morgan fingerprint density at radius 1 is 1.40 bits per heavy atom. The van der Waals surface area contributed by atoms with Gasteiger partial charge >= 0.3 is 6.18 Å². The third kappa shape index (κ3) is 3.05. The van der Waals surface area contributed by atoms with Crippen LogP contribution >= 0.6 is 0 Å². The lowest BCUT2D eigenvalue weighted by Gasteiger charge is -2.31. The largest absolute Gasteiger partial charge is 0.418 e. The summed E-state index contributed by atoms with van der Waals surface area (Å²) in [5.41, 5.74) is 3.94. The number of alkyl halides is 3. The first-order valence-electron chi connectivity index (χ1n) is 6.56. The molecular formula is C14H17F3N2O. The van der Waals surface area contributed by atoms with Crippen molar-refractivity contribution in [3.8, 4) is 0 Å². The van der Waals surface area contributed by atoms with Crippen LogP contribution in [0.25, 0.3) is 0 Å². The monoisotopic (exact) mass is 286 g/mol. The highest BCUT2D eigenvalue weighted by molar-refractivity contribution is 5.95. The van der Waals surface area contributed by atoms with Crippen molar-refractivity contribution in [2.45, 2.75) is 38.4 Å². The van der Waals surface area contributed by atoms with Crippen molar-refractivity contribution in [2.24, 2.45) is 5.92 Å². The van der Waals surface area contributed by atoms with E-state index in [-0.39, 0.29) is 17.3 Å². The molecule has 1 unspecified atom stereocenters. The molecule has 1 aliphatic carbocycles. The van der Waals surface area contributed by atoms with Crippen LogP contribution in [0, 0.1) is 5.92 Å². The fourth-order valence-electron chi connectivity index (χ4n) is 2.29. The highest BCUT2D eigenvalue weighted by Crippen LogP contribution is 2.34. The molecule has 0 aromatic heterocycles. The second kappa shape index (κ2) is 5.34. The molecule has 1 aromatic rings. The molecule has 20 heavy (non-hydrogen) atoms. The maximum atomic E-state index is 12.7. The van der Waals surface area contributed by atoms with E-state index in [2.05, 4.69) is 5.32 Å². The second-order valence-corrected chi connectivity index (χ2v) is 5.25. The fraction of sp³-hybridized carbons (Fsp3) is 0.500. The predicted octanol–water partition coefficient (Wildman–Crippen LogP) is 3.21. The van der Waals surface area contributed by atoms with Crippen molar-refractivity contribution in [2.75, 3.05) is 5.73 Å². The Labute approximate surface area is 115 Å². The number of hydrogen-bond donors (Lipinski definition) is 2. The SMILES string of the molecule is CC(NC(=O)c1ccc(N)c(C(F)(F)F)c1)C1CCC1. The van der Waals surface area contributed by atoms with E-state index in [1.165, 1.54) is 6.07 Å². The van der Waals surface area contributed by atoms with Crippen LogP contribution in [0.2, 0.25) is 0 Å². The van der Waals surface area contributed by atoms with E-state index >= 15 is 0 Å². The number of halogens is 3. The maximum Gasteiger partial charge on any atom is 0.418 e. The Hall–Kier alpha value is -1.72. The molecule has 0 spiro atoms. The van der Waals surface area contributed by atoms with Gasteiger partial charge in [-0.2, -0.15) is 13.2 Å². The average molecular weight is 286 g/mol.